The summed E-state index contributed by atoms with van der Waals surface area (Å²) in [4.78, 5) is 23.3. The molecule has 0 unspecified atom stereocenters. The molecule has 7 heteroatoms. The maximum atomic E-state index is 4.91. The van der Waals surface area contributed by atoms with Gasteiger partial charge in [-0.2, -0.15) is 0 Å². The van der Waals surface area contributed by atoms with Gasteiger partial charge in [-0.25, -0.2) is 19.9 Å². The molecule has 152 valence electrons. The van der Waals surface area contributed by atoms with E-state index in [-0.39, 0.29) is 0 Å². The molecule has 1 saturated heterocycles. The first-order valence-corrected chi connectivity index (χ1v) is 11.3. The minimum absolute atomic E-state index is 0.824. The van der Waals surface area contributed by atoms with Crippen molar-refractivity contribution in [2.24, 2.45) is 0 Å². The highest BCUT2D eigenvalue weighted by molar-refractivity contribution is 7.98. The lowest BCUT2D eigenvalue weighted by Crippen LogP contribution is -2.31. The number of hydrogen-bond acceptors (Lipinski definition) is 7. The lowest BCUT2D eigenvalue weighted by atomic mass is 10.1. The van der Waals surface area contributed by atoms with Crippen molar-refractivity contribution < 1.29 is 0 Å². The van der Waals surface area contributed by atoms with Crippen LogP contribution in [0.25, 0.3) is 10.9 Å². The molecule has 29 heavy (non-hydrogen) atoms. The van der Waals surface area contributed by atoms with Crippen molar-refractivity contribution in [3.8, 4) is 0 Å². The summed E-state index contributed by atoms with van der Waals surface area (Å²) in [7, 11) is 0. The Balaban J connectivity index is 1.48. The van der Waals surface area contributed by atoms with Crippen LogP contribution in [0.1, 0.15) is 28.8 Å². The van der Waals surface area contributed by atoms with E-state index in [2.05, 4.69) is 52.7 Å². The number of hydrogen-bond donors (Lipinski definition) is 0. The Morgan fingerprint density at radius 2 is 1.69 bits per heavy atom. The van der Waals surface area contributed by atoms with Crippen molar-refractivity contribution in [1.82, 2.24) is 24.8 Å². The third-order valence-corrected chi connectivity index (χ3v) is 6.21. The van der Waals surface area contributed by atoms with E-state index >= 15 is 0 Å². The van der Waals surface area contributed by atoms with Crippen LogP contribution in [0.15, 0.2) is 29.7 Å². The lowest BCUT2D eigenvalue weighted by Gasteiger charge is -2.22. The predicted octanol–water partition coefficient (Wildman–Crippen LogP) is 3.78. The number of nitrogens with zero attached hydrogens (tertiary/aromatic N) is 6. The van der Waals surface area contributed by atoms with E-state index in [9.17, 15) is 0 Å². The van der Waals surface area contributed by atoms with Gasteiger partial charge in [-0.05, 0) is 56.7 Å². The lowest BCUT2D eigenvalue weighted by molar-refractivity contribution is 0.284. The van der Waals surface area contributed by atoms with Gasteiger partial charge in [-0.3, -0.25) is 4.90 Å². The van der Waals surface area contributed by atoms with Crippen LogP contribution in [0.2, 0.25) is 0 Å². The van der Waals surface area contributed by atoms with Crippen LogP contribution in [0.4, 0.5) is 5.95 Å². The highest BCUT2D eigenvalue weighted by Gasteiger charge is 2.18. The second-order valence-electron chi connectivity index (χ2n) is 7.76. The smallest absolute Gasteiger partial charge is 0.226 e. The molecule has 2 aromatic heterocycles. The maximum absolute atomic E-state index is 4.91. The Labute approximate surface area is 176 Å². The van der Waals surface area contributed by atoms with Crippen LogP contribution in [0.3, 0.4) is 0 Å². The Hall–Kier alpha value is -2.25. The van der Waals surface area contributed by atoms with Crippen molar-refractivity contribution in [2.45, 2.75) is 38.9 Å². The monoisotopic (exact) mass is 408 g/mol. The molecule has 4 rings (SSSR count). The van der Waals surface area contributed by atoms with E-state index in [1.807, 2.05) is 18.6 Å². The van der Waals surface area contributed by atoms with Crippen LogP contribution in [-0.4, -0.2) is 57.3 Å². The summed E-state index contributed by atoms with van der Waals surface area (Å²) in [5.41, 5.74) is 5.83. The summed E-state index contributed by atoms with van der Waals surface area (Å²) < 4.78 is 0. The van der Waals surface area contributed by atoms with E-state index in [1.165, 1.54) is 16.7 Å². The predicted molar refractivity (Wildman–Crippen MR) is 120 cm³/mol. The Kier molecular flexibility index (Phi) is 5.96. The van der Waals surface area contributed by atoms with Gasteiger partial charge < -0.3 is 4.90 Å². The van der Waals surface area contributed by atoms with Crippen molar-refractivity contribution in [1.29, 1.82) is 0 Å². The van der Waals surface area contributed by atoms with Gasteiger partial charge in [0.25, 0.3) is 0 Å². The van der Waals surface area contributed by atoms with Gasteiger partial charge >= 0.3 is 0 Å². The fourth-order valence-corrected chi connectivity index (χ4v) is 4.10. The number of aryl methyl sites for hydroxylation is 3. The first-order chi connectivity index (χ1) is 14.0. The Morgan fingerprint density at radius 1 is 0.931 bits per heavy atom. The second kappa shape index (κ2) is 8.63. The van der Waals surface area contributed by atoms with Gasteiger partial charge in [0.2, 0.25) is 5.95 Å². The zero-order valence-electron chi connectivity index (χ0n) is 17.6. The molecule has 0 radical (unpaired) electrons. The van der Waals surface area contributed by atoms with Crippen LogP contribution < -0.4 is 4.90 Å². The highest BCUT2D eigenvalue weighted by Crippen LogP contribution is 2.23. The van der Waals surface area contributed by atoms with Gasteiger partial charge in [0, 0.05) is 56.1 Å². The fraction of sp³-hybridized carbons (Fsp3) is 0.455. The summed E-state index contributed by atoms with van der Waals surface area (Å²) in [5.74, 6) is 0.854. The number of thioether (sulfide) groups is 1. The standard InChI is InChI=1S/C22H28N6S/c1-15-10-19-17(3)25-21(26-20(19)11-16(15)2)28-7-5-6-27(8-9-28)14-18-12-23-22(29-4)24-13-18/h10-13H,5-9,14H2,1-4H3. The van der Waals surface area contributed by atoms with Crippen molar-refractivity contribution in [2.75, 3.05) is 37.3 Å². The SMILES string of the molecule is CSc1ncc(CN2CCCN(c3nc(C)c4cc(C)c(C)cc4n3)CC2)cn1. The zero-order valence-corrected chi connectivity index (χ0v) is 18.5. The van der Waals surface area contributed by atoms with Gasteiger partial charge in [0.15, 0.2) is 5.16 Å². The summed E-state index contributed by atoms with van der Waals surface area (Å²) in [5, 5.41) is 1.98. The quantitative estimate of drug-likeness (QED) is 0.481. The van der Waals surface area contributed by atoms with Gasteiger partial charge in [-0.1, -0.05) is 11.8 Å². The molecule has 0 amide bonds. The van der Waals surface area contributed by atoms with E-state index in [0.717, 1.165) is 66.8 Å². The van der Waals surface area contributed by atoms with Crippen molar-refractivity contribution >= 4 is 28.6 Å². The molecule has 3 heterocycles. The molecule has 1 fully saturated rings. The molecular weight excluding hydrogens is 380 g/mol. The van der Waals surface area contributed by atoms with E-state index < -0.39 is 0 Å². The van der Waals surface area contributed by atoms with Crippen molar-refractivity contribution in [3.05, 3.63) is 46.9 Å². The number of benzene rings is 1. The fourth-order valence-electron chi connectivity index (χ4n) is 3.78. The summed E-state index contributed by atoms with van der Waals surface area (Å²) in [6.45, 7) is 11.2. The van der Waals surface area contributed by atoms with E-state index in [0.29, 0.717) is 0 Å². The minimum Gasteiger partial charge on any atom is -0.339 e. The first-order valence-electron chi connectivity index (χ1n) is 10.1. The molecular formula is C22H28N6S. The van der Waals surface area contributed by atoms with Crippen molar-refractivity contribution in [3.63, 3.8) is 0 Å². The molecule has 0 bridgehead atoms. The van der Waals surface area contributed by atoms with E-state index in [1.54, 1.807) is 11.8 Å². The second-order valence-corrected chi connectivity index (χ2v) is 8.53. The molecule has 0 N–H and O–H groups in total. The highest BCUT2D eigenvalue weighted by atomic mass is 32.2. The summed E-state index contributed by atoms with van der Waals surface area (Å²) in [6.07, 6.45) is 6.98. The average Bonchev–Trinajstić information content (AvgIpc) is 2.95. The molecule has 1 aromatic carbocycles. The van der Waals surface area contributed by atoms with Crippen LogP contribution in [-0.2, 0) is 6.54 Å². The summed E-state index contributed by atoms with van der Waals surface area (Å²) >= 11 is 1.57. The first kappa shape index (κ1) is 20.0. The van der Waals surface area contributed by atoms with Crippen LogP contribution >= 0.6 is 11.8 Å². The molecule has 0 spiro atoms. The van der Waals surface area contributed by atoms with Gasteiger partial charge in [0.1, 0.15) is 0 Å². The largest absolute Gasteiger partial charge is 0.339 e. The zero-order chi connectivity index (χ0) is 20.4. The Morgan fingerprint density at radius 3 is 2.45 bits per heavy atom. The topological polar surface area (TPSA) is 58.0 Å². The van der Waals surface area contributed by atoms with E-state index in [4.69, 9.17) is 9.97 Å². The molecule has 3 aromatic rings. The molecule has 0 saturated carbocycles. The third-order valence-electron chi connectivity index (χ3n) is 5.63. The number of anilines is 1. The van der Waals surface area contributed by atoms with Crippen LogP contribution in [0, 0.1) is 20.8 Å². The third kappa shape index (κ3) is 4.51. The Bertz CT molecular complexity index is 1000. The van der Waals surface area contributed by atoms with Crippen LogP contribution in [0.5, 0.6) is 0 Å². The number of fused-ring (bicyclic) bond motifs is 1. The van der Waals surface area contributed by atoms with Gasteiger partial charge in [0.05, 0.1) is 11.2 Å². The average molecular weight is 409 g/mol. The number of aromatic nitrogens is 4. The molecule has 1 aliphatic heterocycles. The number of rotatable bonds is 4. The minimum atomic E-state index is 0.824. The normalized spacial score (nSPS) is 15.7. The summed E-state index contributed by atoms with van der Waals surface area (Å²) in [6, 6.07) is 4.39. The molecule has 1 aliphatic rings. The molecule has 0 aliphatic carbocycles. The van der Waals surface area contributed by atoms with Gasteiger partial charge in [-0.15, -0.1) is 0 Å². The molecule has 0 atom stereocenters. The molecule has 6 nitrogen and oxygen atoms in total. The maximum Gasteiger partial charge on any atom is 0.226 e.